The smallest absolute Gasteiger partial charge is 0.208 e. The van der Waals surface area contributed by atoms with Crippen LogP contribution in [0.2, 0.25) is 0 Å². The van der Waals surface area contributed by atoms with Gasteiger partial charge in [-0.25, -0.2) is 8.42 Å². The van der Waals surface area contributed by atoms with Gasteiger partial charge in [-0.1, -0.05) is 49.6 Å². The van der Waals surface area contributed by atoms with Gasteiger partial charge in [0.2, 0.25) is 9.84 Å². The maximum absolute atomic E-state index is 12.5. The van der Waals surface area contributed by atoms with E-state index in [-0.39, 0.29) is 9.80 Å². The molecule has 0 saturated heterocycles. The minimum absolute atomic E-state index is 0.0463. The second-order valence-corrected chi connectivity index (χ2v) is 7.53. The topological polar surface area (TPSA) is 51.2 Å². The van der Waals surface area contributed by atoms with Crippen molar-refractivity contribution in [1.82, 2.24) is 0 Å². The number of sulfone groups is 1. The van der Waals surface area contributed by atoms with E-state index in [1.165, 1.54) is 30.4 Å². The predicted molar refractivity (Wildman–Crippen MR) is 78.8 cm³/mol. The van der Waals surface area contributed by atoms with Crippen LogP contribution >= 0.6 is 7.80 Å². The number of fused-ring (bicyclic) bond motifs is 1. The third-order valence-electron chi connectivity index (χ3n) is 2.77. The highest BCUT2D eigenvalue weighted by Crippen LogP contribution is 2.46. The molecule has 0 aromatic heterocycles. The molecule has 98 valence electrons. The summed E-state index contributed by atoms with van der Waals surface area (Å²) in [5.74, 6) is 0. The van der Waals surface area contributed by atoms with Gasteiger partial charge < -0.3 is 4.57 Å². The van der Waals surface area contributed by atoms with Gasteiger partial charge in [0.1, 0.15) is 7.80 Å². The Morgan fingerprint density at radius 2 is 1.68 bits per heavy atom. The molecule has 19 heavy (non-hydrogen) atoms. The Balaban J connectivity index is 2.89. The summed E-state index contributed by atoms with van der Waals surface area (Å²) in [5, 5.41) is 0.681. The molecular weight excluding hydrogens is 279 g/mol. The van der Waals surface area contributed by atoms with Crippen LogP contribution in [-0.4, -0.2) is 8.42 Å². The lowest BCUT2D eigenvalue weighted by Crippen LogP contribution is -2.20. The van der Waals surface area contributed by atoms with Gasteiger partial charge in [0, 0.05) is 10.6 Å². The van der Waals surface area contributed by atoms with Gasteiger partial charge in [0.15, 0.2) is 0 Å². The normalized spacial score (nSPS) is 24.9. The molecule has 0 N–H and O–H groups in total. The Bertz CT molecular complexity index is 740. The largest absolute Gasteiger partial charge is 0.317 e. The van der Waals surface area contributed by atoms with Crippen LogP contribution in [0.3, 0.4) is 0 Å². The van der Waals surface area contributed by atoms with Crippen molar-refractivity contribution in [2.24, 2.45) is 0 Å². The molecule has 1 aromatic carbocycles. The van der Waals surface area contributed by atoms with E-state index in [1.54, 1.807) is 18.2 Å². The molecule has 0 bridgehead atoms. The van der Waals surface area contributed by atoms with Gasteiger partial charge in [-0.05, 0) is 12.1 Å². The molecule has 0 amide bonds. The number of allylic oxidation sites excluding steroid dienone is 5. The molecule has 1 aliphatic heterocycles. The van der Waals surface area contributed by atoms with E-state index in [9.17, 15) is 13.0 Å². The standard InChI is InChI=1S/C14H13O3PS/c1-3-7-11-13(8-4-2)19(16,17)14-10-6-5-9-12(14)18(11)15/h3-10,18H,1-2H2/b11-7+,13-8+. The van der Waals surface area contributed by atoms with Crippen molar-refractivity contribution in [3.05, 3.63) is 71.9 Å². The average molecular weight is 292 g/mol. The van der Waals surface area contributed by atoms with Crippen LogP contribution in [0.25, 0.3) is 0 Å². The van der Waals surface area contributed by atoms with E-state index in [2.05, 4.69) is 13.2 Å². The molecule has 0 saturated carbocycles. The summed E-state index contributed by atoms with van der Waals surface area (Å²) < 4.78 is 37.5. The van der Waals surface area contributed by atoms with E-state index in [1.807, 2.05) is 0 Å². The summed E-state index contributed by atoms with van der Waals surface area (Å²) in [6.45, 7) is 7.05. The zero-order chi connectivity index (χ0) is 14.0. The Labute approximate surface area is 113 Å². The first kappa shape index (κ1) is 13.8. The molecule has 5 heteroatoms. The minimum Gasteiger partial charge on any atom is -0.317 e. The first-order chi connectivity index (χ1) is 9.04. The van der Waals surface area contributed by atoms with Gasteiger partial charge in [0.05, 0.1) is 9.80 Å². The molecule has 1 atom stereocenters. The predicted octanol–water partition coefficient (Wildman–Crippen LogP) is 2.80. The van der Waals surface area contributed by atoms with Crippen LogP contribution in [-0.2, 0) is 14.4 Å². The average Bonchev–Trinajstić information content (AvgIpc) is 2.40. The monoisotopic (exact) mass is 292 g/mol. The summed E-state index contributed by atoms with van der Waals surface area (Å²) in [5.41, 5.74) is 0. The van der Waals surface area contributed by atoms with Gasteiger partial charge >= 0.3 is 0 Å². The van der Waals surface area contributed by atoms with Gasteiger partial charge in [0.25, 0.3) is 0 Å². The zero-order valence-electron chi connectivity index (χ0n) is 10.2. The van der Waals surface area contributed by atoms with E-state index in [0.717, 1.165) is 0 Å². The molecule has 2 rings (SSSR count). The van der Waals surface area contributed by atoms with Crippen LogP contribution in [0.5, 0.6) is 0 Å². The van der Waals surface area contributed by atoms with Crippen LogP contribution in [0.15, 0.2) is 76.8 Å². The molecule has 3 nitrogen and oxygen atoms in total. The highest BCUT2D eigenvalue weighted by molar-refractivity contribution is 7.97. The fourth-order valence-electron chi connectivity index (χ4n) is 1.97. The third kappa shape index (κ3) is 2.18. The van der Waals surface area contributed by atoms with E-state index in [0.29, 0.717) is 10.6 Å². The van der Waals surface area contributed by atoms with Crippen molar-refractivity contribution in [3.63, 3.8) is 0 Å². The Morgan fingerprint density at radius 3 is 2.32 bits per heavy atom. The van der Waals surface area contributed by atoms with Crippen molar-refractivity contribution in [2.75, 3.05) is 0 Å². The lowest BCUT2D eigenvalue weighted by Gasteiger charge is -2.21. The first-order valence-electron chi connectivity index (χ1n) is 5.58. The van der Waals surface area contributed by atoms with Gasteiger partial charge in [-0.15, -0.1) is 0 Å². The molecule has 0 aliphatic carbocycles. The molecule has 0 fully saturated rings. The molecular formula is C14H13O3PS. The van der Waals surface area contributed by atoms with Crippen LogP contribution < -0.4 is 5.30 Å². The molecule has 0 radical (unpaired) electrons. The third-order valence-corrected chi connectivity index (χ3v) is 6.86. The Kier molecular flexibility index (Phi) is 3.74. The summed E-state index contributed by atoms with van der Waals surface area (Å²) in [7, 11) is -6.00. The maximum Gasteiger partial charge on any atom is 0.208 e. The summed E-state index contributed by atoms with van der Waals surface area (Å²) >= 11 is 0. The van der Waals surface area contributed by atoms with E-state index >= 15 is 0 Å². The Hall–Kier alpha value is -1.64. The van der Waals surface area contributed by atoms with Crippen LogP contribution in [0, 0.1) is 0 Å². The fraction of sp³-hybridized carbons (Fsp3) is 0. The maximum atomic E-state index is 12.5. The highest BCUT2D eigenvalue weighted by atomic mass is 32.2. The van der Waals surface area contributed by atoms with Gasteiger partial charge in [-0.2, -0.15) is 0 Å². The van der Waals surface area contributed by atoms with Gasteiger partial charge in [-0.3, -0.25) is 0 Å². The van der Waals surface area contributed by atoms with Crippen LogP contribution in [0.4, 0.5) is 0 Å². The first-order valence-corrected chi connectivity index (χ1v) is 8.47. The van der Waals surface area contributed by atoms with Crippen molar-refractivity contribution in [2.45, 2.75) is 4.90 Å². The van der Waals surface area contributed by atoms with Crippen molar-refractivity contribution < 1.29 is 13.0 Å². The highest BCUT2D eigenvalue weighted by Gasteiger charge is 2.35. The second-order valence-electron chi connectivity index (χ2n) is 3.91. The molecule has 1 unspecified atom stereocenters. The zero-order valence-corrected chi connectivity index (χ0v) is 12.0. The number of benzene rings is 1. The number of hydrogen-bond donors (Lipinski definition) is 0. The van der Waals surface area contributed by atoms with Crippen LogP contribution in [0.1, 0.15) is 0 Å². The van der Waals surface area contributed by atoms with Crippen molar-refractivity contribution in [3.8, 4) is 0 Å². The van der Waals surface area contributed by atoms with E-state index in [4.69, 9.17) is 0 Å². The number of rotatable bonds is 2. The quantitative estimate of drug-likeness (QED) is 0.788. The van der Waals surface area contributed by atoms with Crippen molar-refractivity contribution in [1.29, 1.82) is 0 Å². The lowest BCUT2D eigenvalue weighted by molar-refractivity contribution is 0.591. The summed E-state index contributed by atoms with van der Waals surface area (Å²) in [6, 6.07) is 6.38. The SMILES string of the molecule is C=C/C=C1\C(=C/C=C)S(=O)(=O)c2ccccc2[PH]1=O. The van der Waals surface area contributed by atoms with Crippen molar-refractivity contribution >= 4 is 22.9 Å². The lowest BCUT2D eigenvalue weighted by atomic mass is 10.4. The summed E-state index contributed by atoms with van der Waals surface area (Å²) in [4.78, 5) is 0.165. The minimum atomic E-state index is -3.65. The number of hydrogen-bond acceptors (Lipinski definition) is 3. The second kappa shape index (κ2) is 5.16. The van der Waals surface area contributed by atoms with E-state index < -0.39 is 17.6 Å². The summed E-state index contributed by atoms with van der Waals surface area (Å²) in [6.07, 6.45) is 5.69. The molecule has 1 heterocycles. The molecule has 1 aliphatic rings. The Morgan fingerprint density at radius 1 is 1.05 bits per heavy atom. The molecule has 1 aromatic rings. The fourth-order valence-corrected chi connectivity index (χ4v) is 6.24. The molecule has 0 spiro atoms.